The van der Waals surface area contributed by atoms with E-state index in [4.69, 9.17) is 22.1 Å². The van der Waals surface area contributed by atoms with Crippen LogP contribution in [0.4, 0.5) is 4.39 Å². The van der Waals surface area contributed by atoms with Crippen LogP contribution in [0.5, 0.6) is 0 Å². The zero-order valence-electron chi connectivity index (χ0n) is 7.37. The number of hydrogen-bond acceptors (Lipinski definition) is 3. The van der Waals surface area contributed by atoms with Gasteiger partial charge in [-0.2, -0.15) is 10.5 Å². The van der Waals surface area contributed by atoms with Crippen molar-refractivity contribution in [3.8, 4) is 12.1 Å². The minimum atomic E-state index is -1.45. The summed E-state index contributed by atoms with van der Waals surface area (Å²) in [5.74, 6) is -2.88. The monoisotopic (exact) mass is 222 g/mol. The van der Waals surface area contributed by atoms with Gasteiger partial charge in [0.25, 0.3) is 0 Å². The largest absolute Gasteiger partial charge is 0.291 e. The molecule has 0 saturated heterocycles. The van der Waals surface area contributed by atoms with Gasteiger partial charge in [-0.05, 0) is 18.2 Å². The third-order valence-corrected chi connectivity index (χ3v) is 2.04. The molecule has 0 atom stereocenters. The Labute approximate surface area is 90.3 Å². The first kappa shape index (κ1) is 11.2. The van der Waals surface area contributed by atoms with E-state index in [9.17, 15) is 9.18 Å². The predicted molar refractivity (Wildman–Crippen MR) is 50.5 cm³/mol. The molecule has 0 aliphatic rings. The minimum absolute atomic E-state index is 0.0249. The number of hydrogen-bond donors (Lipinski definition) is 0. The smallest absolute Gasteiger partial charge is 0.195 e. The molecule has 1 rings (SSSR count). The zero-order chi connectivity index (χ0) is 11.4. The van der Waals surface area contributed by atoms with Crippen LogP contribution in [-0.4, -0.2) is 5.78 Å². The van der Waals surface area contributed by atoms with E-state index in [1.807, 2.05) is 0 Å². The van der Waals surface area contributed by atoms with Crippen LogP contribution >= 0.6 is 11.6 Å². The quantitative estimate of drug-likeness (QED) is 0.722. The van der Waals surface area contributed by atoms with Gasteiger partial charge < -0.3 is 0 Å². The van der Waals surface area contributed by atoms with Crippen molar-refractivity contribution in [1.29, 1.82) is 10.5 Å². The topological polar surface area (TPSA) is 64.7 Å². The second-order valence-electron chi connectivity index (χ2n) is 2.68. The SMILES string of the molecule is N#CC(C#N)C(=O)c1cc(F)ccc1Cl. The van der Waals surface area contributed by atoms with Crippen molar-refractivity contribution in [2.75, 3.05) is 0 Å². The first-order chi connectivity index (χ1) is 7.10. The molecule has 15 heavy (non-hydrogen) atoms. The standard InChI is InChI=1S/C10H4ClFN2O/c11-9-2-1-7(12)3-8(9)10(15)6(4-13)5-14/h1-3,6H. The number of nitrogens with zero attached hydrogens (tertiary/aromatic N) is 2. The van der Waals surface area contributed by atoms with Crippen LogP contribution in [0.1, 0.15) is 10.4 Å². The maximum atomic E-state index is 12.8. The summed E-state index contributed by atoms with van der Waals surface area (Å²) in [6.45, 7) is 0. The highest BCUT2D eigenvalue weighted by atomic mass is 35.5. The van der Waals surface area contributed by atoms with E-state index in [2.05, 4.69) is 0 Å². The molecule has 0 saturated carbocycles. The summed E-state index contributed by atoms with van der Waals surface area (Å²) in [4.78, 5) is 11.5. The normalized spacial score (nSPS) is 9.40. The molecule has 0 amide bonds. The molecule has 0 heterocycles. The number of ketones is 1. The first-order valence-electron chi connectivity index (χ1n) is 3.88. The number of halogens is 2. The van der Waals surface area contributed by atoms with Crippen LogP contribution in [-0.2, 0) is 0 Å². The van der Waals surface area contributed by atoms with Gasteiger partial charge in [0.15, 0.2) is 11.7 Å². The summed E-state index contributed by atoms with van der Waals surface area (Å²) >= 11 is 5.64. The molecule has 74 valence electrons. The van der Waals surface area contributed by atoms with Gasteiger partial charge in [0.05, 0.1) is 17.2 Å². The number of carbonyl (C=O) groups is 1. The van der Waals surface area contributed by atoms with Crippen LogP contribution in [0, 0.1) is 34.4 Å². The molecule has 0 spiro atoms. The van der Waals surface area contributed by atoms with Gasteiger partial charge in [-0.1, -0.05) is 11.6 Å². The van der Waals surface area contributed by atoms with Crippen molar-refractivity contribution < 1.29 is 9.18 Å². The van der Waals surface area contributed by atoms with Crippen LogP contribution in [0.15, 0.2) is 18.2 Å². The summed E-state index contributed by atoms with van der Waals surface area (Å²) in [5, 5.41) is 17.0. The molecule has 0 radical (unpaired) electrons. The van der Waals surface area contributed by atoms with E-state index in [0.717, 1.165) is 12.1 Å². The Morgan fingerprint density at radius 2 is 2.00 bits per heavy atom. The third-order valence-electron chi connectivity index (χ3n) is 1.71. The molecule has 0 fully saturated rings. The van der Waals surface area contributed by atoms with E-state index in [0.29, 0.717) is 0 Å². The molecule has 0 aromatic heterocycles. The lowest BCUT2D eigenvalue weighted by molar-refractivity contribution is 0.0970. The van der Waals surface area contributed by atoms with Gasteiger partial charge >= 0.3 is 0 Å². The number of Topliss-reactive ketones (excluding diaryl/α,β-unsaturated/α-hetero) is 1. The predicted octanol–water partition coefficient (Wildman–Crippen LogP) is 2.33. The first-order valence-corrected chi connectivity index (χ1v) is 4.26. The highest BCUT2D eigenvalue weighted by Crippen LogP contribution is 2.20. The van der Waals surface area contributed by atoms with Crippen molar-refractivity contribution in [2.24, 2.45) is 5.92 Å². The molecule has 1 aromatic rings. The lowest BCUT2D eigenvalue weighted by Crippen LogP contribution is -2.11. The highest BCUT2D eigenvalue weighted by molar-refractivity contribution is 6.34. The molecule has 0 unspecified atom stereocenters. The number of carbonyl (C=O) groups excluding carboxylic acids is 1. The van der Waals surface area contributed by atoms with E-state index in [1.54, 1.807) is 0 Å². The maximum absolute atomic E-state index is 12.8. The van der Waals surface area contributed by atoms with E-state index >= 15 is 0 Å². The fourth-order valence-electron chi connectivity index (χ4n) is 0.988. The molecular formula is C10H4ClFN2O. The van der Waals surface area contributed by atoms with Crippen LogP contribution in [0.3, 0.4) is 0 Å². The fourth-order valence-corrected chi connectivity index (χ4v) is 1.20. The second-order valence-corrected chi connectivity index (χ2v) is 3.09. The molecule has 0 bridgehead atoms. The van der Waals surface area contributed by atoms with Crippen molar-refractivity contribution in [3.63, 3.8) is 0 Å². The van der Waals surface area contributed by atoms with Crippen LogP contribution in [0.25, 0.3) is 0 Å². The zero-order valence-corrected chi connectivity index (χ0v) is 8.12. The fraction of sp³-hybridized carbons (Fsp3) is 0.100. The Hall–Kier alpha value is -1.91. The Morgan fingerprint density at radius 3 is 2.53 bits per heavy atom. The Kier molecular flexibility index (Phi) is 3.38. The van der Waals surface area contributed by atoms with Crippen molar-refractivity contribution in [3.05, 3.63) is 34.6 Å². The van der Waals surface area contributed by atoms with Gasteiger partial charge in [-0.15, -0.1) is 0 Å². The van der Waals surface area contributed by atoms with Crippen LogP contribution < -0.4 is 0 Å². The van der Waals surface area contributed by atoms with Gasteiger partial charge in [0.1, 0.15) is 5.82 Å². The van der Waals surface area contributed by atoms with Gasteiger partial charge in [-0.3, -0.25) is 4.79 Å². The van der Waals surface area contributed by atoms with Crippen molar-refractivity contribution >= 4 is 17.4 Å². The summed E-state index contributed by atoms with van der Waals surface area (Å²) < 4.78 is 12.8. The Balaban J connectivity index is 3.18. The molecule has 1 aromatic carbocycles. The van der Waals surface area contributed by atoms with Crippen LogP contribution in [0.2, 0.25) is 5.02 Å². The summed E-state index contributed by atoms with van der Waals surface area (Å²) in [6, 6.07) is 6.21. The Bertz CT molecular complexity index is 473. The minimum Gasteiger partial charge on any atom is -0.291 e. The molecule has 3 nitrogen and oxygen atoms in total. The third kappa shape index (κ3) is 2.31. The summed E-state index contributed by atoms with van der Waals surface area (Å²) in [7, 11) is 0. The Morgan fingerprint density at radius 1 is 1.40 bits per heavy atom. The number of rotatable bonds is 2. The van der Waals surface area contributed by atoms with Crippen molar-refractivity contribution in [1.82, 2.24) is 0 Å². The molecule has 0 aliphatic carbocycles. The second kappa shape index (κ2) is 4.54. The van der Waals surface area contributed by atoms with Gasteiger partial charge in [0.2, 0.25) is 0 Å². The average molecular weight is 223 g/mol. The maximum Gasteiger partial charge on any atom is 0.195 e. The van der Waals surface area contributed by atoms with E-state index < -0.39 is 17.5 Å². The highest BCUT2D eigenvalue weighted by Gasteiger charge is 2.21. The van der Waals surface area contributed by atoms with E-state index in [1.165, 1.54) is 18.2 Å². The molecule has 0 N–H and O–H groups in total. The number of nitriles is 2. The number of benzene rings is 1. The van der Waals surface area contributed by atoms with Crippen molar-refractivity contribution in [2.45, 2.75) is 0 Å². The lowest BCUT2D eigenvalue weighted by atomic mass is 10.0. The summed E-state index contributed by atoms with van der Waals surface area (Å²) in [6.07, 6.45) is 0. The molecular weight excluding hydrogens is 219 g/mol. The average Bonchev–Trinajstić information content (AvgIpc) is 2.23. The van der Waals surface area contributed by atoms with E-state index in [-0.39, 0.29) is 10.6 Å². The van der Waals surface area contributed by atoms with Gasteiger partial charge in [-0.25, -0.2) is 4.39 Å². The van der Waals surface area contributed by atoms with Gasteiger partial charge in [0, 0.05) is 5.56 Å². The lowest BCUT2D eigenvalue weighted by Gasteiger charge is -2.02. The molecule has 0 aliphatic heterocycles. The molecule has 5 heteroatoms. The summed E-state index contributed by atoms with van der Waals surface area (Å²) in [5.41, 5.74) is -0.148.